The van der Waals surface area contributed by atoms with Crippen molar-refractivity contribution in [2.45, 2.75) is 38.5 Å². The second-order valence-corrected chi connectivity index (χ2v) is 4.15. The number of carboxylic acid groups (broad SMARTS) is 1. The van der Waals surface area contributed by atoms with Gasteiger partial charge in [0.25, 0.3) is 0 Å². The molecule has 1 aliphatic carbocycles. The van der Waals surface area contributed by atoms with Crippen LogP contribution in [0.2, 0.25) is 0 Å². The number of hydrogen-bond donors (Lipinski definition) is 1. The summed E-state index contributed by atoms with van der Waals surface area (Å²) >= 11 is 0. The van der Waals surface area contributed by atoms with Crippen molar-refractivity contribution in [2.75, 3.05) is 7.11 Å². The number of rotatable bonds is 4. The molecule has 0 radical (unpaired) electrons. The monoisotopic (exact) mass is 226 g/mol. The van der Waals surface area contributed by atoms with Crippen molar-refractivity contribution in [3.05, 3.63) is 11.6 Å². The van der Waals surface area contributed by atoms with Gasteiger partial charge in [-0.05, 0) is 18.8 Å². The number of carboxylic acids is 1. The highest BCUT2D eigenvalue weighted by molar-refractivity contribution is 5.93. The summed E-state index contributed by atoms with van der Waals surface area (Å²) in [5.41, 5.74) is 0.280. The average Bonchev–Trinajstić information content (AvgIpc) is 2.28. The lowest BCUT2D eigenvalue weighted by Gasteiger charge is -2.18. The number of methoxy groups -OCH3 is 1. The van der Waals surface area contributed by atoms with Crippen molar-refractivity contribution in [2.24, 2.45) is 5.92 Å². The van der Waals surface area contributed by atoms with E-state index in [0.29, 0.717) is 5.92 Å². The maximum Gasteiger partial charge on any atom is 0.334 e. The molecule has 0 spiro atoms. The fraction of sp³-hybridized carbons (Fsp3) is 0.667. The Bertz CT molecular complexity index is 287. The van der Waals surface area contributed by atoms with Gasteiger partial charge in [-0.3, -0.25) is 4.79 Å². The molecule has 1 fully saturated rings. The number of carbonyl (C=O) groups excluding carboxylic acids is 1. The fourth-order valence-corrected chi connectivity index (χ4v) is 2.08. The zero-order chi connectivity index (χ0) is 12.0. The molecule has 0 aliphatic heterocycles. The van der Waals surface area contributed by atoms with E-state index in [0.717, 1.165) is 25.7 Å². The molecule has 0 atom stereocenters. The summed E-state index contributed by atoms with van der Waals surface area (Å²) in [5, 5.41) is 8.71. The van der Waals surface area contributed by atoms with Gasteiger partial charge in [0.15, 0.2) is 0 Å². The van der Waals surface area contributed by atoms with E-state index < -0.39 is 11.9 Å². The Kier molecular flexibility index (Phi) is 5.02. The topological polar surface area (TPSA) is 63.6 Å². The smallest absolute Gasteiger partial charge is 0.334 e. The summed E-state index contributed by atoms with van der Waals surface area (Å²) < 4.78 is 4.58. The van der Waals surface area contributed by atoms with Crippen LogP contribution in [0.4, 0.5) is 0 Å². The number of esters is 1. The van der Waals surface area contributed by atoms with E-state index in [1.54, 1.807) is 6.08 Å². The standard InChI is InChI=1S/C12H18O4/c1-16-12(15)10(8-11(13)14)7-9-5-3-2-4-6-9/h7,9H,2-6,8H2,1H3,(H,13,14)/b10-7-. The fourth-order valence-electron chi connectivity index (χ4n) is 2.08. The van der Waals surface area contributed by atoms with Crippen molar-refractivity contribution in [1.29, 1.82) is 0 Å². The molecule has 1 aliphatic rings. The van der Waals surface area contributed by atoms with E-state index in [9.17, 15) is 9.59 Å². The van der Waals surface area contributed by atoms with E-state index >= 15 is 0 Å². The van der Waals surface area contributed by atoms with Crippen LogP contribution in [-0.4, -0.2) is 24.2 Å². The van der Waals surface area contributed by atoms with Gasteiger partial charge in [-0.1, -0.05) is 25.3 Å². The summed E-state index contributed by atoms with van der Waals surface area (Å²) in [7, 11) is 1.28. The number of ether oxygens (including phenoxy) is 1. The third-order valence-corrected chi connectivity index (χ3v) is 2.88. The molecule has 0 unspecified atom stereocenters. The predicted octanol–water partition coefficient (Wildman–Crippen LogP) is 2.14. The maximum absolute atomic E-state index is 11.4. The first-order chi connectivity index (χ1) is 7.63. The molecule has 1 saturated carbocycles. The van der Waals surface area contributed by atoms with Gasteiger partial charge in [0.1, 0.15) is 0 Å². The molecule has 16 heavy (non-hydrogen) atoms. The van der Waals surface area contributed by atoms with Crippen LogP contribution in [0.15, 0.2) is 11.6 Å². The molecule has 0 bridgehead atoms. The molecule has 1 N–H and O–H groups in total. The SMILES string of the molecule is COC(=O)/C(=C\C1CCCCC1)CC(=O)O. The van der Waals surface area contributed by atoms with Crippen LogP contribution < -0.4 is 0 Å². The van der Waals surface area contributed by atoms with E-state index in [2.05, 4.69) is 4.74 Å². The Labute approximate surface area is 95.3 Å². The molecule has 1 rings (SSSR count). The first-order valence-electron chi connectivity index (χ1n) is 5.64. The van der Waals surface area contributed by atoms with Gasteiger partial charge in [0.2, 0.25) is 0 Å². The van der Waals surface area contributed by atoms with Gasteiger partial charge < -0.3 is 9.84 Å². The molecule has 0 aromatic carbocycles. The Morgan fingerprint density at radius 1 is 1.31 bits per heavy atom. The molecule has 0 aromatic heterocycles. The minimum Gasteiger partial charge on any atom is -0.481 e. The van der Waals surface area contributed by atoms with E-state index in [1.165, 1.54) is 13.5 Å². The van der Waals surface area contributed by atoms with Crippen LogP contribution >= 0.6 is 0 Å². The van der Waals surface area contributed by atoms with Crippen molar-refractivity contribution in [3.8, 4) is 0 Å². The highest BCUT2D eigenvalue weighted by atomic mass is 16.5. The van der Waals surface area contributed by atoms with Gasteiger partial charge in [0.05, 0.1) is 13.5 Å². The van der Waals surface area contributed by atoms with Crippen LogP contribution in [0.1, 0.15) is 38.5 Å². The van der Waals surface area contributed by atoms with Crippen LogP contribution in [0.25, 0.3) is 0 Å². The van der Waals surface area contributed by atoms with Crippen LogP contribution in [0.3, 0.4) is 0 Å². The quantitative estimate of drug-likeness (QED) is 0.589. The lowest BCUT2D eigenvalue weighted by atomic mass is 9.87. The predicted molar refractivity (Wildman–Crippen MR) is 58.9 cm³/mol. The average molecular weight is 226 g/mol. The first kappa shape index (κ1) is 12.7. The van der Waals surface area contributed by atoms with Crippen molar-refractivity contribution in [1.82, 2.24) is 0 Å². The van der Waals surface area contributed by atoms with Crippen molar-refractivity contribution >= 4 is 11.9 Å². The number of carbonyl (C=O) groups is 2. The van der Waals surface area contributed by atoms with Gasteiger partial charge in [0, 0.05) is 5.57 Å². The zero-order valence-electron chi connectivity index (χ0n) is 9.57. The summed E-state index contributed by atoms with van der Waals surface area (Å²) in [6, 6.07) is 0. The Morgan fingerprint density at radius 2 is 1.94 bits per heavy atom. The highest BCUT2D eigenvalue weighted by Crippen LogP contribution is 2.26. The molecular weight excluding hydrogens is 208 g/mol. The van der Waals surface area contributed by atoms with Gasteiger partial charge in [-0.25, -0.2) is 4.79 Å². The zero-order valence-corrected chi connectivity index (χ0v) is 9.57. The van der Waals surface area contributed by atoms with Gasteiger partial charge >= 0.3 is 11.9 Å². The Morgan fingerprint density at radius 3 is 2.44 bits per heavy atom. The third kappa shape index (κ3) is 4.04. The second-order valence-electron chi connectivity index (χ2n) is 4.15. The molecule has 0 aromatic rings. The summed E-state index contributed by atoms with van der Waals surface area (Å²) in [5.74, 6) is -1.18. The number of hydrogen-bond acceptors (Lipinski definition) is 3. The largest absolute Gasteiger partial charge is 0.481 e. The van der Waals surface area contributed by atoms with E-state index in [-0.39, 0.29) is 12.0 Å². The number of allylic oxidation sites excluding steroid dienone is 1. The molecule has 0 saturated heterocycles. The lowest BCUT2D eigenvalue weighted by molar-refractivity contribution is -0.141. The molecule has 0 amide bonds. The van der Waals surface area contributed by atoms with E-state index in [4.69, 9.17) is 5.11 Å². The van der Waals surface area contributed by atoms with Gasteiger partial charge in [-0.2, -0.15) is 0 Å². The molecule has 0 heterocycles. The molecule has 4 nitrogen and oxygen atoms in total. The minimum atomic E-state index is -0.993. The lowest BCUT2D eigenvalue weighted by Crippen LogP contribution is -2.12. The first-order valence-corrected chi connectivity index (χ1v) is 5.64. The van der Waals surface area contributed by atoms with Crippen LogP contribution in [0.5, 0.6) is 0 Å². The number of aliphatic carboxylic acids is 1. The molecule has 90 valence electrons. The van der Waals surface area contributed by atoms with Crippen molar-refractivity contribution < 1.29 is 19.4 Å². The maximum atomic E-state index is 11.4. The third-order valence-electron chi connectivity index (χ3n) is 2.88. The van der Waals surface area contributed by atoms with Crippen LogP contribution in [-0.2, 0) is 14.3 Å². The Hall–Kier alpha value is -1.32. The van der Waals surface area contributed by atoms with Crippen molar-refractivity contribution in [3.63, 3.8) is 0 Å². The Balaban J connectivity index is 2.69. The summed E-state index contributed by atoms with van der Waals surface area (Å²) in [6.45, 7) is 0. The summed E-state index contributed by atoms with van der Waals surface area (Å²) in [6.07, 6.45) is 7.17. The normalized spacial score (nSPS) is 18.2. The molecule has 4 heteroatoms. The summed E-state index contributed by atoms with van der Waals surface area (Å²) in [4.78, 5) is 22.0. The highest BCUT2D eigenvalue weighted by Gasteiger charge is 2.18. The minimum absolute atomic E-state index is 0.247. The van der Waals surface area contributed by atoms with E-state index in [1.807, 2.05) is 0 Å². The van der Waals surface area contributed by atoms with Gasteiger partial charge in [-0.15, -0.1) is 0 Å². The van der Waals surface area contributed by atoms with Crippen LogP contribution in [0, 0.1) is 5.92 Å². The second kappa shape index (κ2) is 6.30. The molecular formula is C12H18O4.